The Morgan fingerprint density at radius 2 is 1.68 bits per heavy atom. The van der Waals surface area contributed by atoms with Gasteiger partial charge in [-0.05, 0) is 13.0 Å². The van der Waals surface area contributed by atoms with Gasteiger partial charge in [0.25, 0.3) is 0 Å². The van der Waals surface area contributed by atoms with Crippen LogP contribution in [0.25, 0.3) is 0 Å². The number of carboxylic acid groups (broad SMARTS) is 1. The van der Waals surface area contributed by atoms with E-state index in [0.717, 1.165) is 6.04 Å². The second-order valence-corrected chi connectivity index (χ2v) is 10.7. The summed E-state index contributed by atoms with van der Waals surface area (Å²) in [6.07, 6.45) is -5.08. The van der Waals surface area contributed by atoms with Crippen molar-refractivity contribution < 1.29 is 32.6 Å². The van der Waals surface area contributed by atoms with Crippen molar-refractivity contribution in [2.24, 2.45) is 5.73 Å². The molecule has 0 aliphatic rings. The van der Waals surface area contributed by atoms with Crippen molar-refractivity contribution in [3.63, 3.8) is 0 Å². The third-order valence-electron chi connectivity index (χ3n) is 1.71. The Kier molecular flexibility index (Phi) is 8.68. The van der Waals surface area contributed by atoms with Crippen molar-refractivity contribution in [2.45, 2.75) is 44.8 Å². The van der Waals surface area contributed by atoms with E-state index in [1.54, 1.807) is 6.92 Å². The second-order valence-electron chi connectivity index (χ2n) is 5.07. The van der Waals surface area contributed by atoms with E-state index in [4.69, 9.17) is 20.4 Å². The Bertz CT molecular complexity index is 300. The van der Waals surface area contributed by atoms with Crippen LogP contribution in [-0.4, -0.2) is 43.9 Å². The number of halogens is 3. The van der Waals surface area contributed by atoms with Crippen LogP contribution in [-0.2, 0) is 14.3 Å². The first-order valence-corrected chi connectivity index (χ1v) is 9.20. The van der Waals surface area contributed by atoms with Crippen molar-refractivity contribution >= 4 is 20.0 Å². The number of nitrogens with two attached hydrogens (primary N) is 1. The van der Waals surface area contributed by atoms with Crippen molar-refractivity contribution in [3.8, 4) is 0 Å². The summed E-state index contributed by atoms with van der Waals surface area (Å²) in [4.78, 5) is 19.8. The van der Waals surface area contributed by atoms with E-state index in [1.165, 1.54) is 0 Å². The van der Waals surface area contributed by atoms with E-state index in [-0.39, 0.29) is 5.97 Å². The van der Waals surface area contributed by atoms with Crippen LogP contribution in [0.2, 0.25) is 25.7 Å². The van der Waals surface area contributed by atoms with Gasteiger partial charge in [-0.1, -0.05) is 19.6 Å². The zero-order chi connectivity index (χ0) is 15.9. The molecule has 1 atom stereocenters. The minimum Gasteiger partial charge on any atom is -0.475 e. The van der Waals surface area contributed by atoms with Crippen LogP contribution in [0.15, 0.2) is 0 Å². The summed E-state index contributed by atoms with van der Waals surface area (Å²) >= 11 is 0. The summed E-state index contributed by atoms with van der Waals surface area (Å²) in [5.74, 6) is -3.05. The van der Waals surface area contributed by atoms with Gasteiger partial charge >= 0.3 is 18.1 Å². The summed E-state index contributed by atoms with van der Waals surface area (Å²) in [7, 11) is -1.08. The monoisotopic (exact) mass is 303 g/mol. The number of alkyl halides is 3. The molecule has 1 unspecified atom stereocenters. The maximum atomic E-state index is 10.9. The van der Waals surface area contributed by atoms with Crippen molar-refractivity contribution in [2.75, 3.05) is 6.61 Å². The first-order chi connectivity index (χ1) is 8.27. The van der Waals surface area contributed by atoms with Crippen LogP contribution < -0.4 is 5.73 Å². The molecule has 9 heteroatoms. The summed E-state index contributed by atoms with van der Waals surface area (Å²) < 4.78 is 36.7. The molecule has 0 radical (unpaired) electrons. The molecule has 0 aliphatic carbocycles. The first-order valence-electron chi connectivity index (χ1n) is 5.49. The molecule has 3 N–H and O–H groups in total. The zero-order valence-corrected chi connectivity index (χ0v) is 12.4. The third kappa shape index (κ3) is 14.8. The Balaban J connectivity index is 0. The largest absolute Gasteiger partial charge is 0.490 e. The molecule has 0 aromatic rings. The topological polar surface area (TPSA) is 89.6 Å². The van der Waals surface area contributed by atoms with E-state index in [2.05, 4.69) is 19.6 Å². The number of hydrogen-bond acceptors (Lipinski definition) is 4. The summed E-state index contributed by atoms with van der Waals surface area (Å²) in [5, 5.41) is 7.12. The summed E-state index contributed by atoms with van der Waals surface area (Å²) in [5.41, 5.74) is 5.32. The van der Waals surface area contributed by atoms with Crippen LogP contribution >= 0.6 is 0 Å². The van der Waals surface area contributed by atoms with Gasteiger partial charge in [0, 0.05) is 8.07 Å². The zero-order valence-electron chi connectivity index (χ0n) is 11.4. The van der Waals surface area contributed by atoms with E-state index in [1.807, 2.05) is 0 Å². The fourth-order valence-corrected chi connectivity index (χ4v) is 1.30. The normalized spacial score (nSPS) is 13.1. The van der Waals surface area contributed by atoms with Crippen molar-refractivity contribution in [1.82, 2.24) is 0 Å². The standard InChI is InChI=1S/C8H19NO2Si.C2HF3O2/c1-7(9)8(10)11-5-6-12(2,3)4;3-2(4,5)1(6)7/h7H,5-6,9H2,1-4H3;(H,6,7). The smallest absolute Gasteiger partial charge is 0.475 e. The van der Waals surface area contributed by atoms with Gasteiger partial charge < -0.3 is 15.6 Å². The highest BCUT2D eigenvalue weighted by atomic mass is 28.3. The molecule has 0 heterocycles. The Morgan fingerprint density at radius 3 is 1.89 bits per heavy atom. The van der Waals surface area contributed by atoms with Gasteiger partial charge in [0.2, 0.25) is 0 Å². The van der Waals surface area contributed by atoms with Crippen molar-refractivity contribution in [1.29, 1.82) is 0 Å². The lowest BCUT2D eigenvalue weighted by Crippen LogP contribution is -2.30. The summed E-state index contributed by atoms with van der Waals surface area (Å²) in [6.45, 7) is 8.89. The highest BCUT2D eigenvalue weighted by Gasteiger charge is 2.38. The first kappa shape index (κ1) is 20.2. The molecule has 0 spiro atoms. The molecule has 0 amide bonds. The van der Waals surface area contributed by atoms with Gasteiger partial charge in [-0.25, -0.2) is 4.79 Å². The molecule has 0 aromatic heterocycles. The Morgan fingerprint density at radius 1 is 1.32 bits per heavy atom. The fourth-order valence-electron chi connectivity index (χ4n) is 0.589. The van der Waals surface area contributed by atoms with Gasteiger partial charge in [0.1, 0.15) is 6.04 Å². The van der Waals surface area contributed by atoms with E-state index in [0.29, 0.717) is 6.61 Å². The lowest BCUT2D eigenvalue weighted by molar-refractivity contribution is -0.192. The number of carboxylic acids is 1. The van der Waals surface area contributed by atoms with Crippen LogP contribution in [0.5, 0.6) is 0 Å². The number of aliphatic carboxylic acids is 1. The molecular weight excluding hydrogens is 283 g/mol. The van der Waals surface area contributed by atoms with Gasteiger partial charge in [-0.15, -0.1) is 0 Å². The van der Waals surface area contributed by atoms with Crippen LogP contribution in [0.3, 0.4) is 0 Å². The predicted octanol–water partition coefficient (Wildman–Crippen LogP) is 1.85. The SMILES string of the molecule is CC(N)C(=O)OCC[Si](C)(C)C.O=C(O)C(F)(F)F. The third-order valence-corrected chi connectivity index (χ3v) is 3.41. The number of hydrogen-bond donors (Lipinski definition) is 2. The molecule has 0 aliphatic heterocycles. The lowest BCUT2D eigenvalue weighted by atomic mass is 10.4. The molecule has 0 aromatic carbocycles. The highest BCUT2D eigenvalue weighted by molar-refractivity contribution is 6.76. The van der Waals surface area contributed by atoms with E-state index < -0.39 is 26.3 Å². The average molecular weight is 303 g/mol. The minimum absolute atomic E-state index is 0.298. The minimum atomic E-state index is -5.08. The number of carbonyl (C=O) groups excluding carboxylic acids is 1. The Hall–Kier alpha value is -1.09. The van der Waals surface area contributed by atoms with Gasteiger partial charge in [-0.3, -0.25) is 4.79 Å². The molecule has 0 rings (SSSR count). The number of rotatable bonds is 4. The van der Waals surface area contributed by atoms with Crippen LogP contribution in [0, 0.1) is 0 Å². The number of ether oxygens (including phenoxy) is 1. The molecule has 5 nitrogen and oxygen atoms in total. The van der Waals surface area contributed by atoms with E-state index >= 15 is 0 Å². The van der Waals surface area contributed by atoms with Crippen LogP contribution in [0.1, 0.15) is 6.92 Å². The molecule has 0 bridgehead atoms. The van der Waals surface area contributed by atoms with Gasteiger partial charge in [-0.2, -0.15) is 13.2 Å². The molecule has 114 valence electrons. The molecule has 0 saturated carbocycles. The van der Waals surface area contributed by atoms with Gasteiger partial charge in [0.05, 0.1) is 6.61 Å². The second kappa shape index (κ2) is 8.15. The molecule has 0 saturated heterocycles. The van der Waals surface area contributed by atoms with Gasteiger partial charge in [0.15, 0.2) is 0 Å². The maximum Gasteiger partial charge on any atom is 0.490 e. The molecule has 0 fully saturated rings. The predicted molar refractivity (Wildman–Crippen MR) is 66.5 cm³/mol. The van der Waals surface area contributed by atoms with E-state index in [9.17, 15) is 18.0 Å². The maximum absolute atomic E-state index is 10.9. The lowest BCUT2D eigenvalue weighted by Gasteiger charge is -2.15. The Labute approximate surface area is 110 Å². The highest BCUT2D eigenvalue weighted by Crippen LogP contribution is 2.13. The molecular formula is C10H20F3NO4Si. The number of esters is 1. The van der Waals surface area contributed by atoms with Crippen LogP contribution in [0.4, 0.5) is 13.2 Å². The summed E-state index contributed by atoms with van der Waals surface area (Å²) in [6, 6.07) is 0.512. The fraction of sp³-hybridized carbons (Fsp3) is 0.800. The van der Waals surface area contributed by atoms with Crippen molar-refractivity contribution in [3.05, 3.63) is 0 Å². The average Bonchev–Trinajstić information content (AvgIpc) is 2.14. The quantitative estimate of drug-likeness (QED) is 0.611. The number of carbonyl (C=O) groups is 2. The molecule has 19 heavy (non-hydrogen) atoms.